The number of carbonyl (C=O) groups excluding carboxylic acids is 1. The summed E-state index contributed by atoms with van der Waals surface area (Å²) in [7, 11) is 0. The van der Waals surface area contributed by atoms with Gasteiger partial charge in [-0.05, 0) is 31.5 Å². The van der Waals surface area contributed by atoms with Gasteiger partial charge in [0.05, 0.1) is 23.6 Å². The molecule has 0 unspecified atom stereocenters. The van der Waals surface area contributed by atoms with Gasteiger partial charge in [0.15, 0.2) is 0 Å². The lowest BCUT2D eigenvalue weighted by atomic mass is 9.97. The van der Waals surface area contributed by atoms with Gasteiger partial charge < -0.3 is 15.2 Å². The number of rotatable bonds is 7. The zero-order valence-electron chi connectivity index (χ0n) is 21.9. The molecule has 0 radical (unpaired) electrons. The summed E-state index contributed by atoms with van der Waals surface area (Å²) in [5, 5.41) is 8.47. The van der Waals surface area contributed by atoms with E-state index < -0.39 is 17.9 Å². The van der Waals surface area contributed by atoms with Gasteiger partial charge in [-0.1, -0.05) is 6.92 Å². The van der Waals surface area contributed by atoms with Gasteiger partial charge in [-0.25, -0.2) is 19.9 Å². The van der Waals surface area contributed by atoms with E-state index in [1.807, 2.05) is 36.3 Å². The SMILES string of the molecule is CCNCc1cc(C(=O)N2CCC(N3CC(n4cc(-c5ncnc6[nH]ccc56)cn4)C3)CC2)nc(C(F)(F)F)n1. The molecule has 0 bridgehead atoms. The number of likely N-dealkylation sites (tertiary alicyclic amines) is 2. The summed E-state index contributed by atoms with van der Waals surface area (Å²) < 4.78 is 42.1. The van der Waals surface area contributed by atoms with Crippen molar-refractivity contribution in [2.24, 2.45) is 0 Å². The number of nitrogens with one attached hydrogen (secondary N) is 2. The molecule has 0 aliphatic carbocycles. The predicted octanol–water partition coefficient (Wildman–Crippen LogP) is 2.90. The van der Waals surface area contributed by atoms with Crippen LogP contribution in [-0.4, -0.2) is 89.2 Å². The zero-order valence-corrected chi connectivity index (χ0v) is 21.9. The lowest BCUT2D eigenvalue weighted by molar-refractivity contribution is -0.145. The topological polar surface area (TPSA) is 121 Å². The summed E-state index contributed by atoms with van der Waals surface area (Å²) >= 11 is 0. The van der Waals surface area contributed by atoms with Crippen molar-refractivity contribution in [1.82, 2.24) is 49.8 Å². The highest BCUT2D eigenvalue weighted by molar-refractivity contribution is 5.92. The average molecular weight is 555 g/mol. The summed E-state index contributed by atoms with van der Waals surface area (Å²) in [6.07, 6.45) is 3.98. The van der Waals surface area contributed by atoms with Gasteiger partial charge in [-0.3, -0.25) is 14.4 Å². The Hall–Kier alpha value is -3.91. The van der Waals surface area contributed by atoms with E-state index in [9.17, 15) is 18.0 Å². The van der Waals surface area contributed by atoms with E-state index in [0.717, 1.165) is 48.2 Å². The smallest absolute Gasteiger partial charge is 0.346 e. The Balaban J connectivity index is 1.05. The number of aromatic amines is 1. The Morgan fingerprint density at radius 2 is 1.95 bits per heavy atom. The fraction of sp³-hybridized carbons (Fsp3) is 0.462. The first kappa shape index (κ1) is 26.3. The third kappa shape index (κ3) is 5.16. The lowest BCUT2D eigenvalue weighted by Crippen LogP contribution is -2.56. The average Bonchev–Trinajstić information content (AvgIpc) is 3.60. The minimum atomic E-state index is -4.73. The van der Waals surface area contributed by atoms with Gasteiger partial charge in [0.1, 0.15) is 17.7 Å². The van der Waals surface area contributed by atoms with E-state index >= 15 is 0 Å². The number of aromatic nitrogens is 7. The van der Waals surface area contributed by atoms with E-state index in [1.165, 1.54) is 12.4 Å². The molecule has 1 amide bonds. The van der Waals surface area contributed by atoms with Crippen LogP contribution in [0.15, 0.2) is 37.1 Å². The fourth-order valence-electron chi connectivity index (χ4n) is 5.39. The van der Waals surface area contributed by atoms with Crippen LogP contribution < -0.4 is 5.32 Å². The Labute approximate surface area is 227 Å². The van der Waals surface area contributed by atoms with E-state index in [-0.39, 0.29) is 24.0 Å². The highest BCUT2D eigenvalue weighted by Crippen LogP contribution is 2.31. The molecule has 2 saturated heterocycles. The molecule has 11 nitrogen and oxygen atoms in total. The molecule has 2 aliphatic rings. The molecule has 2 aliphatic heterocycles. The van der Waals surface area contributed by atoms with E-state index in [1.54, 1.807) is 4.90 Å². The first-order chi connectivity index (χ1) is 19.3. The number of hydrogen-bond acceptors (Lipinski definition) is 8. The quantitative estimate of drug-likeness (QED) is 0.358. The molecule has 0 spiro atoms. The molecule has 2 fully saturated rings. The van der Waals surface area contributed by atoms with Crippen molar-refractivity contribution in [2.45, 2.75) is 44.6 Å². The predicted molar refractivity (Wildman–Crippen MR) is 139 cm³/mol. The van der Waals surface area contributed by atoms with E-state index in [4.69, 9.17) is 0 Å². The molecule has 0 atom stereocenters. The molecule has 40 heavy (non-hydrogen) atoms. The van der Waals surface area contributed by atoms with Crippen LogP contribution in [0.2, 0.25) is 0 Å². The molecular formula is C26H29F3N10O. The second kappa shape index (κ2) is 10.6. The number of fused-ring (bicyclic) bond motifs is 1. The van der Waals surface area contributed by atoms with Crippen LogP contribution in [0.25, 0.3) is 22.3 Å². The van der Waals surface area contributed by atoms with Crippen molar-refractivity contribution >= 4 is 16.9 Å². The Morgan fingerprint density at radius 1 is 1.15 bits per heavy atom. The maximum Gasteiger partial charge on any atom is 0.451 e. The highest BCUT2D eigenvalue weighted by atomic mass is 19.4. The number of alkyl halides is 3. The van der Waals surface area contributed by atoms with Crippen molar-refractivity contribution < 1.29 is 18.0 Å². The van der Waals surface area contributed by atoms with Gasteiger partial charge in [-0.15, -0.1) is 0 Å². The first-order valence-corrected chi connectivity index (χ1v) is 13.3. The third-order valence-corrected chi connectivity index (χ3v) is 7.57. The zero-order chi connectivity index (χ0) is 27.9. The second-order valence-corrected chi connectivity index (χ2v) is 10.1. The van der Waals surface area contributed by atoms with Gasteiger partial charge >= 0.3 is 6.18 Å². The molecule has 210 valence electrons. The summed E-state index contributed by atoms with van der Waals surface area (Å²) in [6.45, 7) is 5.16. The summed E-state index contributed by atoms with van der Waals surface area (Å²) in [6, 6.07) is 3.85. The number of piperidine rings is 1. The highest BCUT2D eigenvalue weighted by Gasteiger charge is 2.38. The van der Waals surface area contributed by atoms with Crippen molar-refractivity contribution in [3.8, 4) is 11.3 Å². The maximum absolute atomic E-state index is 13.4. The van der Waals surface area contributed by atoms with Crippen molar-refractivity contribution in [3.05, 3.63) is 54.3 Å². The normalized spacial score (nSPS) is 17.4. The van der Waals surface area contributed by atoms with Gasteiger partial charge in [-0.2, -0.15) is 18.3 Å². The fourth-order valence-corrected chi connectivity index (χ4v) is 5.39. The Bertz CT molecular complexity index is 1500. The molecular weight excluding hydrogens is 525 g/mol. The van der Waals surface area contributed by atoms with Crippen LogP contribution in [0.3, 0.4) is 0 Å². The Kier molecular flexibility index (Phi) is 6.96. The van der Waals surface area contributed by atoms with Gasteiger partial charge in [0, 0.05) is 62.1 Å². The number of nitrogens with zero attached hydrogens (tertiary/aromatic N) is 8. The minimum Gasteiger partial charge on any atom is -0.346 e. The number of H-pyrrole nitrogens is 1. The minimum absolute atomic E-state index is 0.133. The van der Waals surface area contributed by atoms with Crippen LogP contribution in [0.5, 0.6) is 0 Å². The molecule has 0 aromatic carbocycles. The molecule has 2 N–H and O–H groups in total. The van der Waals surface area contributed by atoms with Crippen molar-refractivity contribution in [2.75, 3.05) is 32.7 Å². The van der Waals surface area contributed by atoms with E-state index in [2.05, 4.69) is 40.2 Å². The summed E-state index contributed by atoms with van der Waals surface area (Å²) in [5.74, 6) is -1.78. The molecule has 4 aromatic heterocycles. The van der Waals surface area contributed by atoms with E-state index in [0.29, 0.717) is 25.7 Å². The van der Waals surface area contributed by atoms with Crippen LogP contribution in [0.4, 0.5) is 13.2 Å². The molecule has 0 saturated carbocycles. The number of hydrogen-bond donors (Lipinski definition) is 2. The molecule has 6 rings (SSSR count). The summed E-state index contributed by atoms with van der Waals surface area (Å²) in [5.41, 5.74) is 2.49. The summed E-state index contributed by atoms with van der Waals surface area (Å²) in [4.78, 5) is 36.0. The van der Waals surface area contributed by atoms with Crippen LogP contribution in [-0.2, 0) is 12.7 Å². The number of amides is 1. The van der Waals surface area contributed by atoms with Crippen LogP contribution in [0, 0.1) is 0 Å². The van der Waals surface area contributed by atoms with Gasteiger partial charge in [0.2, 0.25) is 5.82 Å². The Morgan fingerprint density at radius 3 is 2.70 bits per heavy atom. The third-order valence-electron chi connectivity index (χ3n) is 7.57. The lowest BCUT2D eigenvalue weighted by Gasteiger charge is -2.47. The first-order valence-electron chi connectivity index (χ1n) is 13.3. The number of halogens is 3. The molecule has 4 aromatic rings. The van der Waals surface area contributed by atoms with Crippen molar-refractivity contribution in [1.29, 1.82) is 0 Å². The standard InChI is InChI=1S/C26H29F3N10O/c1-2-30-11-17-9-21(36-25(35-17)26(27,28)29)24(40)37-7-4-18(5-8-37)38-13-19(14-38)39-12-16(10-34-39)22-20-3-6-31-23(20)33-15-32-22/h3,6,9-10,12,15,18-19,30H,2,4-5,7-8,11,13-14H2,1H3,(H,31,32,33). The monoisotopic (exact) mass is 554 g/mol. The van der Waals surface area contributed by atoms with Crippen molar-refractivity contribution in [3.63, 3.8) is 0 Å². The number of carbonyl (C=O) groups is 1. The molecule has 14 heteroatoms. The largest absolute Gasteiger partial charge is 0.451 e. The van der Waals surface area contributed by atoms with Gasteiger partial charge in [0.25, 0.3) is 5.91 Å². The maximum atomic E-state index is 13.4. The molecule has 6 heterocycles. The second-order valence-electron chi connectivity index (χ2n) is 10.1. The van der Waals surface area contributed by atoms with Crippen LogP contribution in [0.1, 0.15) is 47.8 Å². The van der Waals surface area contributed by atoms with Crippen LogP contribution >= 0.6 is 0 Å².